The molecule has 3 saturated heterocycles. The van der Waals surface area contributed by atoms with Crippen LogP contribution < -0.4 is 0 Å². The standard InChI is InChI=1S/C18H27N3O2S/c22-17(16-13-24-14-19-16)21-8-4-18(5-9-21)2-6-20(7-3-18)11-15-1-10-23-12-15/h13-15H,1-12H2. The Morgan fingerprint density at radius 2 is 2.00 bits per heavy atom. The zero-order valence-electron chi connectivity index (χ0n) is 14.3. The van der Waals surface area contributed by atoms with E-state index in [1.54, 1.807) is 5.51 Å². The van der Waals surface area contributed by atoms with Crippen molar-refractivity contribution in [2.24, 2.45) is 11.3 Å². The molecule has 0 radical (unpaired) electrons. The molecule has 0 bridgehead atoms. The van der Waals surface area contributed by atoms with Gasteiger partial charge in [-0.05, 0) is 56.5 Å². The van der Waals surface area contributed by atoms with Gasteiger partial charge >= 0.3 is 0 Å². The average Bonchev–Trinajstić information content (AvgIpc) is 3.31. The zero-order chi connectivity index (χ0) is 16.4. The van der Waals surface area contributed by atoms with E-state index in [1.165, 1.54) is 50.2 Å². The van der Waals surface area contributed by atoms with Gasteiger partial charge in [0, 0.05) is 31.6 Å². The van der Waals surface area contributed by atoms with Crippen molar-refractivity contribution in [3.63, 3.8) is 0 Å². The second-order valence-corrected chi connectivity index (χ2v) is 8.41. The van der Waals surface area contributed by atoms with E-state index < -0.39 is 0 Å². The molecule has 1 aromatic rings. The fraction of sp³-hybridized carbons (Fsp3) is 0.778. The third-order valence-corrected chi connectivity index (χ3v) is 6.81. The molecule has 1 spiro atoms. The first-order valence-corrected chi connectivity index (χ1v) is 10.2. The molecule has 1 atom stereocenters. The number of carbonyl (C=O) groups is 1. The minimum Gasteiger partial charge on any atom is -0.381 e. The highest BCUT2D eigenvalue weighted by atomic mass is 32.1. The molecule has 0 aromatic carbocycles. The van der Waals surface area contributed by atoms with Crippen LogP contribution in [0.2, 0.25) is 0 Å². The lowest BCUT2D eigenvalue weighted by Crippen LogP contribution is -2.49. The molecule has 3 aliphatic rings. The molecule has 0 saturated carbocycles. The van der Waals surface area contributed by atoms with Crippen LogP contribution in [0.4, 0.5) is 0 Å². The Morgan fingerprint density at radius 1 is 1.25 bits per heavy atom. The minimum absolute atomic E-state index is 0.116. The zero-order valence-corrected chi connectivity index (χ0v) is 15.1. The lowest BCUT2D eigenvalue weighted by atomic mass is 9.71. The molecular weight excluding hydrogens is 322 g/mol. The van der Waals surface area contributed by atoms with E-state index >= 15 is 0 Å². The summed E-state index contributed by atoms with van der Waals surface area (Å²) in [7, 11) is 0. The average molecular weight is 350 g/mol. The maximum Gasteiger partial charge on any atom is 0.273 e. The van der Waals surface area contributed by atoms with Gasteiger partial charge in [-0.1, -0.05) is 0 Å². The number of piperidine rings is 2. The number of ether oxygens (including phenoxy) is 1. The SMILES string of the molecule is O=C(c1cscn1)N1CCC2(CCN(CC3CCOC3)CC2)CC1. The number of hydrogen-bond donors (Lipinski definition) is 0. The van der Waals surface area contributed by atoms with Crippen molar-refractivity contribution in [2.45, 2.75) is 32.1 Å². The first-order chi connectivity index (χ1) is 11.7. The number of likely N-dealkylation sites (tertiary alicyclic amines) is 2. The van der Waals surface area contributed by atoms with Gasteiger partial charge in [0.25, 0.3) is 5.91 Å². The van der Waals surface area contributed by atoms with Crippen molar-refractivity contribution >= 4 is 17.2 Å². The molecule has 3 aliphatic heterocycles. The Labute approximate surface area is 148 Å². The van der Waals surface area contributed by atoms with Crippen molar-refractivity contribution in [3.05, 3.63) is 16.6 Å². The van der Waals surface area contributed by atoms with Crippen LogP contribution in [0.3, 0.4) is 0 Å². The van der Waals surface area contributed by atoms with Gasteiger partial charge < -0.3 is 14.5 Å². The Bertz CT molecular complexity index is 539. The molecule has 1 unspecified atom stereocenters. The topological polar surface area (TPSA) is 45.7 Å². The Morgan fingerprint density at radius 3 is 2.62 bits per heavy atom. The summed E-state index contributed by atoms with van der Waals surface area (Å²) in [6, 6.07) is 0. The third kappa shape index (κ3) is 3.51. The molecule has 0 N–H and O–H groups in total. The molecule has 24 heavy (non-hydrogen) atoms. The maximum absolute atomic E-state index is 12.4. The Kier molecular flexibility index (Phi) is 4.88. The van der Waals surface area contributed by atoms with Crippen LogP contribution >= 0.6 is 11.3 Å². The van der Waals surface area contributed by atoms with E-state index in [0.29, 0.717) is 11.1 Å². The minimum atomic E-state index is 0.116. The molecule has 0 aliphatic carbocycles. The molecule has 3 fully saturated rings. The van der Waals surface area contributed by atoms with E-state index in [1.807, 2.05) is 10.3 Å². The van der Waals surface area contributed by atoms with Gasteiger partial charge in [0.15, 0.2) is 0 Å². The van der Waals surface area contributed by atoms with Crippen LogP contribution in [0.1, 0.15) is 42.6 Å². The van der Waals surface area contributed by atoms with Gasteiger partial charge in [-0.3, -0.25) is 4.79 Å². The molecule has 132 valence electrons. The van der Waals surface area contributed by atoms with Gasteiger partial charge in [0.05, 0.1) is 12.1 Å². The third-order valence-electron chi connectivity index (χ3n) is 6.22. The Balaban J connectivity index is 1.26. The van der Waals surface area contributed by atoms with E-state index in [0.717, 1.165) is 45.1 Å². The van der Waals surface area contributed by atoms with E-state index in [2.05, 4.69) is 9.88 Å². The lowest BCUT2D eigenvalue weighted by Gasteiger charge is -2.47. The summed E-state index contributed by atoms with van der Waals surface area (Å²) >= 11 is 1.49. The summed E-state index contributed by atoms with van der Waals surface area (Å²) in [4.78, 5) is 21.2. The van der Waals surface area contributed by atoms with Crippen LogP contribution in [0.15, 0.2) is 10.9 Å². The summed E-state index contributed by atoms with van der Waals surface area (Å²) in [6.07, 6.45) is 6.13. The van der Waals surface area contributed by atoms with Gasteiger partial charge in [-0.25, -0.2) is 4.98 Å². The van der Waals surface area contributed by atoms with Crippen molar-refractivity contribution < 1.29 is 9.53 Å². The number of thiazole rings is 1. The van der Waals surface area contributed by atoms with E-state index in [9.17, 15) is 4.79 Å². The van der Waals surface area contributed by atoms with Gasteiger partial charge in [-0.15, -0.1) is 11.3 Å². The van der Waals surface area contributed by atoms with Crippen LogP contribution in [-0.4, -0.2) is 66.6 Å². The van der Waals surface area contributed by atoms with Gasteiger partial charge in [-0.2, -0.15) is 0 Å². The predicted octanol–water partition coefficient (Wildman–Crippen LogP) is 2.50. The molecule has 4 rings (SSSR count). The highest BCUT2D eigenvalue weighted by Crippen LogP contribution is 2.41. The van der Waals surface area contributed by atoms with E-state index in [4.69, 9.17) is 4.74 Å². The number of hydrogen-bond acceptors (Lipinski definition) is 5. The second-order valence-electron chi connectivity index (χ2n) is 7.70. The van der Waals surface area contributed by atoms with Crippen molar-refractivity contribution in [3.8, 4) is 0 Å². The highest BCUT2D eigenvalue weighted by Gasteiger charge is 2.39. The normalized spacial score (nSPS) is 27.7. The molecule has 4 heterocycles. The highest BCUT2D eigenvalue weighted by molar-refractivity contribution is 7.07. The first kappa shape index (κ1) is 16.5. The van der Waals surface area contributed by atoms with Crippen molar-refractivity contribution in [1.29, 1.82) is 0 Å². The monoisotopic (exact) mass is 349 g/mol. The first-order valence-electron chi connectivity index (χ1n) is 9.22. The van der Waals surface area contributed by atoms with Crippen molar-refractivity contribution in [1.82, 2.24) is 14.8 Å². The Hall–Kier alpha value is -0.980. The van der Waals surface area contributed by atoms with Gasteiger partial charge in [0.2, 0.25) is 0 Å². The molecular formula is C18H27N3O2S. The number of carbonyl (C=O) groups excluding carboxylic acids is 1. The maximum atomic E-state index is 12.4. The largest absolute Gasteiger partial charge is 0.381 e. The fourth-order valence-corrected chi connectivity index (χ4v) is 4.99. The summed E-state index contributed by atoms with van der Waals surface area (Å²) in [5, 5.41) is 1.86. The number of aromatic nitrogens is 1. The lowest BCUT2D eigenvalue weighted by molar-refractivity contribution is 0.0262. The number of amides is 1. The fourth-order valence-electron chi connectivity index (χ4n) is 4.47. The quantitative estimate of drug-likeness (QED) is 0.841. The smallest absolute Gasteiger partial charge is 0.273 e. The van der Waals surface area contributed by atoms with Crippen molar-refractivity contribution in [2.75, 3.05) is 45.9 Å². The van der Waals surface area contributed by atoms with Gasteiger partial charge in [0.1, 0.15) is 5.69 Å². The summed E-state index contributed by atoms with van der Waals surface area (Å²) < 4.78 is 5.50. The van der Waals surface area contributed by atoms with Crippen LogP contribution in [-0.2, 0) is 4.74 Å². The summed E-state index contributed by atoms with van der Waals surface area (Å²) in [5.41, 5.74) is 2.83. The van der Waals surface area contributed by atoms with Crippen LogP contribution in [0, 0.1) is 11.3 Å². The summed E-state index contributed by atoms with van der Waals surface area (Å²) in [6.45, 7) is 7.35. The molecule has 1 aromatic heterocycles. The molecule has 1 amide bonds. The number of nitrogens with zero attached hydrogens (tertiary/aromatic N) is 3. The molecule has 6 heteroatoms. The predicted molar refractivity (Wildman–Crippen MR) is 94.3 cm³/mol. The number of rotatable bonds is 3. The second kappa shape index (κ2) is 7.10. The molecule has 5 nitrogen and oxygen atoms in total. The van der Waals surface area contributed by atoms with Crippen LogP contribution in [0.5, 0.6) is 0 Å². The van der Waals surface area contributed by atoms with E-state index in [-0.39, 0.29) is 5.91 Å². The summed E-state index contributed by atoms with van der Waals surface area (Å²) in [5.74, 6) is 0.862. The van der Waals surface area contributed by atoms with Crippen LogP contribution in [0.25, 0.3) is 0 Å².